The fourth-order valence-electron chi connectivity index (χ4n) is 2.32. The van der Waals surface area contributed by atoms with Crippen LogP contribution in [0.1, 0.15) is 33.6 Å². The highest BCUT2D eigenvalue weighted by molar-refractivity contribution is 5.78. The van der Waals surface area contributed by atoms with Crippen molar-refractivity contribution in [2.75, 3.05) is 13.2 Å². The number of carbonyl (C=O) groups excluding carboxylic acids is 1. The summed E-state index contributed by atoms with van der Waals surface area (Å²) in [6.45, 7) is 6.66. The van der Waals surface area contributed by atoms with Gasteiger partial charge in [0.15, 0.2) is 18.1 Å². The Morgan fingerprint density at radius 1 is 1.25 bits per heavy atom. The van der Waals surface area contributed by atoms with E-state index < -0.39 is 0 Å². The molecule has 1 aliphatic carbocycles. The Kier molecular flexibility index (Phi) is 4.88. The van der Waals surface area contributed by atoms with Crippen molar-refractivity contribution in [3.63, 3.8) is 0 Å². The van der Waals surface area contributed by atoms with E-state index >= 15 is 0 Å². The van der Waals surface area contributed by atoms with Gasteiger partial charge in [0.1, 0.15) is 0 Å². The summed E-state index contributed by atoms with van der Waals surface area (Å²) < 4.78 is 11.1. The predicted molar refractivity (Wildman–Crippen MR) is 78.1 cm³/mol. The van der Waals surface area contributed by atoms with E-state index in [0.29, 0.717) is 24.1 Å². The first-order valence-corrected chi connectivity index (χ1v) is 7.29. The molecule has 0 saturated heterocycles. The fourth-order valence-corrected chi connectivity index (χ4v) is 2.32. The zero-order valence-electron chi connectivity index (χ0n) is 12.5. The molecule has 0 spiro atoms. The largest absolute Gasteiger partial charge is 0.490 e. The van der Waals surface area contributed by atoms with Crippen molar-refractivity contribution in [1.29, 1.82) is 0 Å². The molecule has 1 aliphatic rings. The summed E-state index contributed by atoms with van der Waals surface area (Å²) in [5, 5.41) is 0. The second kappa shape index (κ2) is 6.64. The van der Waals surface area contributed by atoms with Crippen molar-refractivity contribution in [2.24, 2.45) is 0 Å². The number of carbonyl (C=O) groups is 1. The van der Waals surface area contributed by atoms with E-state index in [1.807, 2.05) is 49.9 Å². The smallest absolute Gasteiger partial charge is 0.260 e. The number of ether oxygens (including phenoxy) is 2. The maximum atomic E-state index is 12.3. The summed E-state index contributed by atoms with van der Waals surface area (Å²) in [6, 6.07) is 8.08. The predicted octanol–water partition coefficient (Wildman–Crippen LogP) is 2.86. The Hall–Kier alpha value is -1.71. The van der Waals surface area contributed by atoms with Crippen LogP contribution in [0.4, 0.5) is 0 Å². The third-order valence-electron chi connectivity index (χ3n) is 3.28. The minimum absolute atomic E-state index is 0.0498. The number of nitrogens with zero attached hydrogens (tertiary/aromatic N) is 1. The SMILES string of the molecule is CCOc1ccccc1OCC(=O)N(C(C)C)C1CC1. The summed E-state index contributed by atoms with van der Waals surface area (Å²) in [5.74, 6) is 1.36. The average molecular weight is 277 g/mol. The lowest BCUT2D eigenvalue weighted by molar-refractivity contribution is -0.135. The van der Waals surface area contributed by atoms with Crippen LogP contribution in [0.3, 0.4) is 0 Å². The maximum Gasteiger partial charge on any atom is 0.260 e. The van der Waals surface area contributed by atoms with E-state index in [9.17, 15) is 4.79 Å². The summed E-state index contributed by atoms with van der Waals surface area (Å²) in [7, 11) is 0. The molecule has 0 aliphatic heterocycles. The Balaban J connectivity index is 1.95. The minimum atomic E-state index is 0.0498. The van der Waals surface area contributed by atoms with E-state index in [2.05, 4.69) is 0 Å². The van der Waals surface area contributed by atoms with Gasteiger partial charge in [-0.15, -0.1) is 0 Å². The summed E-state index contributed by atoms with van der Waals surface area (Å²) >= 11 is 0. The lowest BCUT2D eigenvalue weighted by Gasteiger charge is -2.26. The van der Waals surface area contributed by atoms with Crippen LogP contribution in [0.15, 0.2) is 24.3 Å². The van der Waals surface area contributed by atoms with E-state index in [1.54, 1.807) is 0 Å². The van der Waals surface area contributed by atoms with Crippen molar-refractivity contribution >= 4 is 5.91 Å². The van der Waals surface area contributed by atoms with Crippen LogP contribution in [0.25, 0.3) is 0 Å². The fraction of sp³-hybridized carbons (Fsp3) is 0.562. The number of benzene rings is 1. The van der Waals surface area contributed by atoms with E-state index in [0.717, 1.165) is 12.8 Å². The number of para-hydroxylation sites is 2. The van der Waals surface area contributed by atoms with Crippen LogP contribution in [0, 0.1) is 0 Å². The molecule has 4 heteroatoms. The van der Waals surface area contributed by atoms with Crippen molar-refractivity contribution in [3.8, 4) is 11.5 Å². The summed E-state index contributed by atoms with van der Waals surface area (Å²) in [4.78, 5) is 14.2. The van der Waals surface area contributed by atoms with Gasteiger partial charge in [0.2, 0.25) is 0 Å². The molecule has 1 saturated carbocycles. The molecule has 0 unspecified atom stereocenters. The standard InChI is InChI=1S/C16H23NO3/c1-4-19-14-7-5-6-8-15(14)20-11-16(18)17(12(2)3)13-9-10-13/h5-8,12-13H,4,9-11H2,1-3H3. The normalized spacial score (nSPS) is 14.2. The Morgan fingerprint density at radius 3 is 2.35 bits per heavy atom. The highest BCUT2D eigenvalue weighted by Crippen LogP contribution is 2.30. The van der Waals surface area contributed by atoms with Gasteiger partial charge < -0.3 is 14.4 Å². The minimum Gasteiger partial charge on any atom is -0.490 e. The van der Waals surface area contributed by atoms with Gasteiger partial charge in [-0.3, -0.25) is 4.79 Å². The molecule has 0 radical (unpaired) electrons. The van der Waals surface area contributed by atoms with Gasteiger partial charge >= 0.3 is 0 Å². The third kappa shape index (κ3) is 3.65. The molecule has 2 rings (SSSR count). The number of rotatable bonds is 7. The van der Waals surface area contributed by atoms with Crippen LogP contribution in [-0.4, -0.2) is 36.1 Å². The summed E-state index contributed by atoms with van der Waals surface area (Å²) in [6.07, 6.45) is 2.22. The third-order valence-corrected chi connectivity index (χ3v) is 3.28. The second-order valence-electron chi connectivity index (χ2n) is 5.29. The Morgan fingerprint density at radius 2 is 1.85 bits per heavy atom. The van der Waals surface area contributed by atoms with Gasteiger partial charge in [-0.1, -0.05) is 12.1 Å². The molecule has 1 amide bonds. The number of hydrogen-bond acceptors (Lipinski definition) is 3. The van der Waals surface area contributed by atoms with E-state index in [4.69, 9.17) is 9.47 Å². The topological polar surface area (TPSA) is 38.8 Å². The van der Waals surface area contributed by atoms with Gasteiger partial charge in [-0.2, -0.15) is 0 Å². The molecular formula is C16H23NO3. The zero-order valence-corrected chi connectivity index (χ0v) is 12.5. The molecule has 1 fully saturated rings. The molecule has 0 N–H and O–H groups in total. The molecule has 1 aromatic carbocycles. The van der Waals surface area contributed by atoms with Gasteiger partial charge in [0, 0.05) is 12.1 Å². The first kappa shape index (κ1) is 14.7. The molecule has 0 heterocycles. The lowest BCUT2D eigenvalue weighted by Crippen LogP contribution is -2.41. The van der Waals surface area contributed by atoms with Crippen LogP contribution < -0.4 is 9.47 Å². The van der Waals surface area contributed by atoms with Crippen LogP contribution in [0.5, 0.6) is 11.5 Å². The molecule has 0 bridgehead atoms. The highest BCUT2D eigenvalue weighted by Gasteiger charge is 2.34. The monoisotopic (exact) mass is 277 g/mol. The zero-order chi connectivity index (χ0) is 14.5. The van der Waals surface area contributed by atoms with Crippen molar-refractivity contribution in [1.82, 2.24) is 4.90 Å². The van der Waals surface area contributed by atoms with Gasteiger partial charge in [-0.05, 0) is 45.7 Å². The number of hydrogen-bond donors (Lipinski definition) is 0. The first-order chi connectivity index (χ1) is 9.63. The second-order valence-corrected chi connectivity index (χ2v) is 5.29. The quantitative estimate of drug-likeness (QED) is 0.769. The molecule has 4 nitrogen and oxygen atoms in total. The van der Waals surface area contributed by atoms with Gasteiger partial charge in [0.05, 0.1) is 6.61 Å². The van der Waals surface area contributed by atoms with Gasteiger partial charge in [0.25, 0.3) is 5.91 Å². The van der Waals surface area contributed by atoms with Crippen LogP contribution in [0.2, 0.25) is 0 Å². The van der Waals surface area contributed by atoms with E-state index in [-0.39, 0.29) is 18.6 Å². The molecule has 20 heavy (non-hydrogen) atoms. The van der Waals surface area contributed by atoms with Gasteiger partial charge in [-0.25, -0.2) is 0 Å². The van der Waals surface area contributed by atoms with Crippen molar-refractivity contribution < 1.29 is 14.3 Å². The van der Waals surface area contributed by atoms with Crippen LogP contribution >= 0.6 is 0 Å². The molecule has 1 aromatic rings. The Bertz CT molecular complexity index is 453. The van der Waals surface area contributed by atoms with E-state index in [1.165, 1.54) is 0 Å². The van der Waals surface area contributed by atoms with Crippen molar-refractivity contribution in [3.05, 3.63) is 24.3 Å². The molecule has 110 valence electrons. The lowest BCUT2D eigenvalue weighted by atomic mass is 10.3. The van der Waals surface area contributed by atoms with Crippen molar-refractivity contribution in [2.45, 2.75) is 45.7 Å². The first-order valence-electron chi connectivity index (χ1n) is 7.29. The average Bonchev–Trinajstić information content (AvgIpc) is 3.22. The molecular weight excluding hydrogens is 254 g/mol. The van der Waals surface area contributed by atoms with Crippen LogP contribution in [-0.2, 0) is 4.79 Å². The summed E-state index contributed by atoms with van der Waals surface area (Å²) in [5.41, 5.74) is 0. The number of amides is 1. The molecule has 0 aromatic heterocycles. The Labute approximate surface area is 120 Å². The highest BCUT2D eigenvalue weighted by atomic mass is 16.5. The molecule has 0 atom stereocenters. The maximum absolute atomic E-state index is 12.3.